The number of rotatable bonds is 4. The summed E-state index contributed by atoms with van der Waals surface area (Å²) in [6, 6.07) is 4.16. The topological polar surface area (TPSA) is 120 Å². The number of fused-ring (bicyclic) bond motifs is 1. The molecule has 1 aliphatic heterocycles. The molecule has 24 heavy (non-hydrogen) atoms. The van der Waals surface area contributed by atoms with E-state index in [1.54, 1.807) is 16.2 Å². The highest BCUT2D eigenvalue weighted by molar-refractivity contribution is 7.89. The Bertz CT molecular complexity index is 883. The fourth-order valence-electron chi connectivity index (χ4n) is 2.33. The van der Waals surface area contributed by atoms with Gasteiger partial charge < -0.3 is 14.1 Å². The number of furan rings is 1. The van der Waals surface area contributed by atoms with Crippen molar-refractivity contribution >= 4 is 33.2 Å². The summed E-state index contributed by atoms with van der Waals surface area (Å²) in [7, 11) is -4.04. The van der Waals surface area contributed by atoms with E-state index in [1.807, 2.05) is 11.4 Å². The summed E-state index contributed by atoms with van der Waals surface area (Å²) in [4.78, 5) is 26.8. The Hall–Kier alpha value is -2.17. The monoisotopic (exact) mass is 370 g/mol. The minimum atomic E-state index is -4.04. The fraction of sp³-hybridized carbons (Fsp3) is 0.286. The van der Waals surface area contributed by atoms with Crippen LogP contribution < -0.4 is 5.14 Å². The van der Waals surface area contributed by atoms with Gasteiger partial charge in [-0.25, -0.2) is 18.4 Å². The molecular weight excluding hydrogens is 356 g/mol. The Morgan fingerprint density at radius 2 is 2.12 bits per heavy atom. The van der Waals surface area contributed by atoms with Crippen LogP contribution in [0.1, 0.15) is 21.0 Å². The number of carbonyl (C=O) groups excluding carboxylic acids is 2. The third-order valence-corrected chi connectivity index (χ3v) is 5.35. The Labute approximate surface area is 141 Å². The number of hydrogen-bond acceptors (Lipinski definition) is 7. The summed E-state index contributed by atoms with van der Waals surface area (Å²) in [6.45, 7) is 0.620. The highest BCUT2D eigenvalue weighted by Crippen LogP contribution is 2.24. The average Bonchev–Trinajstić information content (AvgIpc) is 3.19. The van der Waals surface area contributed by atoms with Crippen LogP contribution in [0, 0.1) is 0 Å². The Morgan fingerprint density at radius 1 is 1.33 bits per heavy atom. The van der Waals surface area contributed by atoms with Crippen molar-refractivity contribution in [1.82, 2.24) is 4.90 Å². The van der Waals surface area contributed by atoms with Gasteiger partial charge in [0.1, 0.15) is 0 Å². The summed E-state index contributed by atoms with van der Waals surface area (Å²) in [5.41, 5.74) is 1.11. The molecule has 0 atom stereocenters. The van der Waals surface area contributed by atoms with Gasteiger partial charge in [-0.2, -0.15) is 0 Å². The van der Waals surface area contributed by atoms with E-state index in [9.17, 15) is 18.0 Å². The van der Waals surface area contributed by atoms with E-state index in [1.165, 1.54) is 4.88 Å². The lowest BCUT2D eigenvalue weighted by Crippen LogP contribution is -2.38. The highest BCUT2D eigenvalue weighted by atomic mass is 32.2. The normalized spacial score (nSPS) is 14.3. The molecular formula is C14H14N2O6S2. The third kappa shape index (κ3) is 3.50. The average molecular weight is 370 g/mol. The number of amides is 1. The van der Waals surface area contributed by atoms with Crippen molar-refractivity contribution < 1.29 is 27.2 Å². The van der Waals surface area contributed by atoms with Crippen LogP contribution in [0.2, 0.25) is 0 Å². The second kappa shape index (κ2) is 6.38. The molecule has 0 saturated carbocycles. The number of primary sulfonamides is 1. The first-order valence-corrected chi connectivity index (χ1v) is 9.40. The van der Waals surface area contributed by atoms with Crippen molar-refractivity contribution in [1.29, 1.82) is 0 Å². The summed E-state index contributed by atoms with van der Waals surface area (Å²) in [5, 5.41) is 6.33. The van der Waals surface area contributed by atoms with E-state index < -0.39 is 27.7 Å². The molecule has 1 amide bonds. The number of ether oxygens (including phenoxy) is 1. The van der Waals surface area contributed by atoms with Gasteiger partial charge >= 0.3 is 5.97 Å². The van der Waals surface area contributed by atoms with Gasteiger partial charge in [-0.05, 0) is 35.6 Å². The van der Waals surface area contributed by atoms with Crippen LogP contribution in [0.3, 0.4) is 0 Å². The Balaban J connectivity index is 1.57. The molecule has 0 aliphatic carbocycles. The first kappa shape index (κ1) is 16.7. The van der Waals surface area contributed by atoms with Crippen LogP contribution in [-0.2, 0) is 32.5 Å². The molecule has 2 N–H and O–H groups in total. The first-order valence-electron chi connectivity index (χ1n) is 6.97. The number of nitrogens with zero attached hydrogens (tertiary/aromatic N) is 1. The van der Waals surface area contributed by atoms with E-state index in [-0.39, 0.29) is 11.7 Å². The molecule has 3 rings (SSSR count). The lowest BCUT2D eigenvalue weighted by molar-refractivity contribution is -0.135. The van der Waals surface area contributed by atoms with Crippen molar-refractivity contribution in [2.24, 2.45) is 5.14 Å². The number of hydrogen-bond donors (Lipinski definition) is 1. The molecule has 10 heteroatoms. The minimum absolute atomic E-state index is 0.321. The summed E-state index contributed by atoms with van der Waals surface area (Å²) in [5.74, 6) is -1.57. The number of sulfonamides is 1. The van der Waals surface area contributed by atoms with Crippen molar-refractivity contribution in [3.8, 4) is 0 Å². The predicted molar refractivity (Wildman–Crippen MR) is 83.8 cm³/mol. The molecule has 2 aromatic rings. The largest absolute Gasteiger partial charge is 0.450 e. The van der Waals surface area contributed by atoms with Crippen molar-refractivity contribution in [2.45, 2.75) is 18.1 Å². The van der Waals surface area contributed by atoms with E-state index in [0.29, 0.717) is 13.1 Å². The SMILES string of the molecule is NS(=O)(=O)c1ccc(C(=O)OCC(=O)N2CCc3sccc3C2)o1. The molecule has 2 aromatic heterocycles. The zero-order valence-corrected chi connectivity index (χ0v) is 14.1. The standard InChI is InChI=1S/C14H14N2O6S2/c15-24(19,20)13-2-1-10(22-13)14(18)21-8-12(17)16-5-3-11-9(7-16)4-6-23-11/h1-2,4,6H,3,5,7-8H2,(H2,15,19,20). The van der Waals surface area contributed by atoms with Gasteiger partial charge in [0.2, 0.25) is 10.9 Å². The fourth-order valence-corrected chi connectivity index (χ4v) is 3.69. The Morgan fingerprint density at radius 3 is 2.83 bits per heavy atom. The lowest BCUT2D eigenvalue weighted by atomic mass is 10.1. The van der Waals surface area contributed by atoms with E-state index >= 15 is 0 Å². The second-order valence-corrected chi connectivity index (χ2v) is 7.67. The van der Waals surface area contributed by atoms with Crippen molar-refractivity contribution in [3.05, 3.63) is 39.8 Å². The smallest absolute Gasteiger partial charge is 0.374 e. The number of esters is 1. The maximum Gasteiger partial charge on any atom is 0.374 e. The molecule has 8 nitrogen and oxygen atoms in total. The zero-order chi connectivity index (χ0) is 17.3. The van der Waals surface area contributed by atoms with Gasteiger partial charge in [-0.15, -0.1) is 11.3 Å². The van der Waals surface area contributed by atoms with Crippen molar-refractivity contribution in [2.75, 3.05) is 13.2 Å². The molecule has 1 aliphatic rings. The van der Waals surface area contributed by atoms with Crippen LogP contribution in [0.25, 0.3) is 0 Å². The molecule has 3 heterocycles. The van der Waals surface area contributed by atoms with Crippen LogP contribution >= 0.6 is 11.3 Å². The summed E-state index contributed by atoms with van der Waals surface area (Å²) < 4.78 is 31.9. The van der Waals surface area contributed by atoms with Gasteiger partial charge in [0, 0.05) is 18.0 Å². The number of carbonyl (C=O) groups is 2. The Kier molecular flexibility index (Phi) is 4.43. The third-order valence-electron chi connectivity index (χ3n) is 3.55. The molecule has 0 unspecified atom stereocenters. The number of thiophene rings is 1. The summed E-state index contributed by atoms with van der Waals surface area (Å²) >= 11 is 1.66. The molecule has 128 valence electrons. The van der Waals surface area contributed by atoms with Gasteiger partial charge in [-0.3, -0.25) is 4.79 Å². The first-order chi connectivity index (χ1) is 11.3. The van der Waals surface area contributed by atoms with Crippen LogP contribution in [0.5, 0.6) is 0 Å². The predicted octanol–water partition coefficient (Wildman–Crippen LogP) is 0.730. The molecule has 0 spiro atoms. The summed E-state index contributed by atoms with van der Waals surface area (Å²) in [6.07, 6.45) is 0.780. The van der Waals surface area contributed by atoms with Crippen LogP contribution in [0.4, 0.5) is 0 Å². The molecule has 0 saturated heterocycles. The molecule has 0 bridgehead atoms. The lowest BCUT2D eigenvalue weighted by Gasteiger charge is -2.26. The minimum Gasteiger partial charge on any atom is -0.450 e. The zero-order valence-electron chi connectivity index (χ0n) is 12.4. The molecule has 0 aromatic carbocycles. The maximum absolute atomic E-state index is 12.1. The molecule has 0 radical (unpaired) electrons. The maximum atomic E-state index is 12.1. The van der Waals surface area contributed by atoms with Crippen molar-refractivity contribution in [3.63, 3.8) is 0 Å². The number of nitrogens with two attached hydrogens (primary N) is 1. The second-order valence-electron chi connectivity index (χ2n) is 5.17. The van der Waals surface area contributed by atoms with Crippen LogP contribution in [0.15, 0.2) is 33.1 Å². The van der Waals surface area contributed by atoms with Gasteiger partial charge in [-0.1, -0.05) is 0 Å². The molecule has 0 fully saturated rings. The highest BCUT2D eigenvalue weighted by Gasteiger charge is 2.24. The van der Waals surface area contributed by atoms with E-state index in [4.69, 9.17) is 14.3 Å². The van der Waals surface area contributed by atoms with Gasteiger partial charge in [0.25, 0.3) is 15.9 Å². The van der Waals surface area contributed by atoms with E-state index in [2.05, 4.69) is 0 Å². The van der Waals surface area contributed by atoms with E-state index in [0.717, 1.165) is 24.1 Å². The van der Waals surface area contributed by atoms with Gasteiger partial charge in [0.15, 0.2) is 6.61 Å². The van der Waals surface area contributed by atoms with Gasteiger partial charge in [0.05, 0.1) is 0 Å². The van der Waals surface area contributed by atoms with Crippen LogP contribution in [-0.4, -0.2) is 38.3 Å². The quantitative estimate of drug-likeness (QED) is 0.792.